The highest BCUT2D eigenvalue weighted by Crippen LogP contribution is 2.24. The van der Waals surface area contributed by atoms with Crippen LogP contribution in [0.15, 0.2) is 54.6 Å². The van der Waals surface area contributed by atoms with Gasteiger partial charge in [-0.2, -0.15) is 0 Å². The Morgan fingerprint density at radius 3 is 2.48 bits per heavy atom. The highest BCUT2D eigenvalue weighted by atomic mass is 32.1. The first kappa shape index (κ1) is 15.1. The second kappa shape index (κ2) is 6.50. The molecule has 116 valence electrons. The van der Waals surface area contributed by atoms with Crippen LogP contribution in [0, 0.1) is 6.92 Å². The number of rotatable bonds is 2. The van der Waals surface area contributed by atoms with Crippen LogP contribution in [0.3, 0.4) is 0 Å². The molecule has 3 N–H and O–H groups in total. The highest BCUT2D eigenvalue weighted by Gasteiger charge is 2.11. The Morgan fingerprint density at radius 1 is 0.957 bits per heavy atom. The number of carbonyl (C=O) groups excluding carboxylic acids is 2. The molecule has 1 heterocycles. The predicted octanol–water partition coefficient (Wildman–Crippen LogP) is 3.68. The minimum absolute atomic E-state index is 0.342. The molecule has 3 rings (SSSR count). The van der Waals surface area contributed by atoms with Gasteiger partial charge in [0.1, 0.15) is 0 Å². The third kappa shape index (κ3) is 3.49. The number of benzene rings is 2. The zero-order valence-corrected chi connectivity index (χ0v) is 13.2. The fourth-order valence-corrected chi connectivity index (χ4v) is 3.09. The second-order valence-electron chi connectivity index (χ2n) is 5.00. The standard InChI is InChI=1S/C17H15N3O2S/c1-11-6-2-4-8-13(11)18-17(22)20-19-16(21)15-10-12-7-3-5-9-14(12)23-15/h2-10H,1H3,(H,19,21)(H2,18,20,22). The highest BCUT2D eigenvalue weighted by molar-refractivity contribution is 7.20. The lowest BCUT2D eigenvalue weighted by Gasteiger charge is -2.10. The van der Waals surface area contributed by atoms with Crippen molar-refractivity contribution in [2.24, 2.45) is 0 Å². The van der Waals surface area contributed by atoms with Crippen molar-refractivity contribution in [1.82, 2.24) is 10.9 Å². The maximum absolute atomic E-state index is 12.1. The summed E-state index contributed by atoms with van der Waals surface area (Å²) in [5, 5.41) is 3.69. The molecule has 2 aromatic carbocycles. The van der Waals surface area contributed by atoms with E-state index in [1.807, 2.05) is 49.4 Å². The van der Waals surface area contributed by atoms with E-state index in [4.69, 9.17) is 0 Å². The molecule has 0 radical (unpaired) electrons. The van der Waals surface area contributed by atoms with E-state index < -0.39 is 6.03 Å². The minimum Gasteiger partial charge on any atom is -0.306 e. The van der Waals surface area contributed by atoms with Gasteiger partial charge in [-0.1, -0.05) is 36.4 Å². The number of anilines is 1. The van der Waals surface area contributed by atoms with Crippen LogP contribution in [0.5, 0.6) is 0 Å². The van der Waals surface area contributed by atoms with Crippen molar-refractivity contribution < 1.29 is 9.59 Å². The van der Waals surface area contributed by atoms with Gasteiger partial charge < -0.3 is 5.32 Å². The summed E-state index contributed by atoms with van der Waals surface area (Å²) in [5.41, 5.74) is 6.41. The van der Waals surface area contributed by atoms with Gasteiger partial charge in [0.05, 0.1) is 4.88 Å². The molecule has 3 aromatic rings. The molecule has 0 fully saturated rings. The van der Waals surface area contributed by atoms with Crippen molar-refractivity contribution in [3.8, 4) is 0 Å². The Morgan fingerprint density at radius 2 is 1.70 bits per heavy atom. The maximum atomic E-state index is 12.1. The summed E-state index contributed by atoms with van der Waals surface area (Å²) in [6.07, 6.45) is 0. The molecule has 23 heavy (non-hydrogen) atoms. The smallest absolute Gasteiger partial charge is 0.306 e. The number of hydrazine groups is 1. The van der Waals surface area contributed by atoms with Gasteiger partial charge in [-0.05, 0) is 36.1 Å². The number of amides is 3. The van der Waals surface area contributed by atoms with Gasteiger partial charge in [0.15, 0.2) is 0 Å². The number of nitrogens with one attached hydrogen (secondary N) is 3. The van der Waals surface area contributed by atoms with Crippen molar-refractivity contribution in [2.45, 2.75) is 6.92 Å². The molecule has 0 saturated carbocycles. The van der Waals surface area contributed by atoms with E-state index in [0.29, 0.717) is 10.6 Å². The average Bonchev–Trinajstić information content (AvgIpc) is 2.99. The molecule has 0 bridgehead atoms. The van der Waals surface area contributed by atoms with E-state index in [9.17, 15) is 9.59 Å². The molecule has 0 spiro atoms. The van der Waals surface area contributed by atoms with E-state index in [-0.39, 0.29) is 5.91 Å². The predicted molar refractivity (Wildman–Crippen MR) is 92.6 cm³/mol. The number of para-hydroxylation sites is 1. The summed E-state index contributed by atoms with van der Waals surface area (Å²) >= 11 is 1.38. The molecule has 0 unspecified atom stereocenters. The summed E-state index contributed by atoms with van der Waals surface area (Å²) in [5.74, 6) is -0.342. The van der Waals surface area contributed by atoms with Crippen LogP contribution in [-0.4, -0.2) is 11.9 Å². The van der Waals surface area contributed by atoms with Crippen LogP contribution in [0.25, 0.3) is 10.1 Å². The molecular formula is C17H15N3O2S. The summed E-state index contributed by atoms with van der Waals surface area (Å²) in [7, 11) is 0. The first-order chi connectivity index (χ1) is 11.1. The van der Waals surface area contributed by atoms with Gasteiger partial charge in [-0.3, -0.25) is 10.2 Å². The summed E-state index contributed by atoms with van der Waals surface area (Å²) in [6.45, 7) is 1.89. The molecule has 0 aliphatic carbocycles. The molecule has 0 aliphatic heterocycles. The Kier molecular flexibility index (Phi) is 4.25. The number of aryl methyl sites for hydroxylation is 1. The molecular weight excluding hydrogens is 310 g/mol. The molecule has 3 amide bonds. The summed E-state index contributed by atoms with van der Waals surface area (Å²) in [4.78, 5) is 24.5. The fourth-order valence-electron chi connectivity index (χ4n) is 2.14. The summed E-state index contributed by atoms with van der Waals surface area (Å²) in [6, 6.07) is 16.5. The zero-order valence-electron chi connectivity index (χ0n) is 12.4. The molecule has 5 nitrogen and oxygen atoms in total. The van der Waals surface area contributed by atoms with E-state index >= 15 is 0 Å². The largest absolute Gasteiger partial charge is 0.337 e. The second-order valence-corrected chi connectivity index (χ2v) is 6.08. The van der Waals surface area contributed by atoms with Crippen LogP contribution in [0.4, 0.5) is 10.5 Å². The molecule has 6 heteroatoms. The van der Waals surface area contributed by atoms with Crippen molar-refractivity contribution >= 4 is 39.0 Å². The summed E-state index contributed by atoms with van der Waals surface area (Å²) < 4.78 is 1.03. The van der Waals surface area contributed by atoms with Crippen molar-refractivity contribution in [1.29, 1.82) is 0 Å². The number of urea groups is 1. The Balaban J connectivity index is 1.60. The first-order valence-electron chi connectivity index (χ1n) is 7.05. The number of carbonyl (C=O) groups is 2. The maximum Gasteiger partial charge on any atom is 0.337 e. The monoisotopic (exact) mass is 325 g/mol. The van der Waals surface area contributed by atoms with Crippen LogP contribution in [-0.2, 0) is 0 Å². The van der Waals surface area contributed by atoms with Crippen molar-refractivity contribution in [3.05, 3.63) is 65.0 Å². The van der Waals surface area contributed by atoms with E-state index in [1.165, 1.54) is 11.3 Å². The Labute approximate surface area is 137 Å². The molecule has 0 atom stereocenters. The number of hydrogen-bond donors (Lipinski definition) is 3. The lowest BCUT2D eigenvalue weighted by atomic mass is 10.2. The SMILES string of the molecule is Cc1ccccc1NC(=O)NNC(=O)c1cc2ccccc2s1. The van der Waals surface area contributed by atoms with E-state index in [2.05, 4.69) is 16.2 Å². The van der Waals surface area contributed by atoms with Gasteiger partial charge in [-0.15, -0.1) is 11.3 Å². The third-order valence-electron chi connectivity index (χ3n) is 3.33. The molecule has 0 aliphatic rings. The average molecular weight is 325 g/mol. The fraction of sp³-hybridized carbons (Fsp3) is 0.0588. The normalized spacial score (nSPS) is 10.3. The number of hydrogen-bond acceptors (Lipinski definition) is 3. The molecule has 1 aromatic heterocycles. The van der Waals surface area contributed by atoms with Crippen molar-refractivity contribution in [2.75, 3.05) is 5.32 Å². The first-order valence-corrected chi connectivity index (χ1v) is 7.87. The van der Waals surface area contributed by atoms with Gasteiger partial charge in [-0.25, -0.2) is 10.2 Å². The van der Waals surface area contributed by atoms with Gasteiger partial charge in [0.25, 0.3) is 5.91 Å². The third-order valence-corrected chi connectivity index (χ3v) is 4.45. The Bertz CT molecular complexity index is 840. The van der Waals surface area contributed by atoms with E-state index in [1.54, 1.807) is 12.1 Å². The van der Waals surface area contributed by atoms with Gasteiger partial charge in [0.2, 0.25) is 0 Å². The van der Waals surface area contributed by atoms with Gasteiger partial charge >= 0.3 is 6.03 Å². The van der Waals surface area contributed by atoms with Gasteiger partial charge in [0, 0.05) is 10.4 Å². The molecule has 0 saturated heterocycles. The van der Waals surface area contributed by atoms with Crippen LogP contribution in [0.1, 0.15) is 15.2 Å². The topological polar surface area (TPSA) is 70.2 Å². The quantitative estimate of drug-likeness (QED) is 0.629. The number of fused-ring (bicyclic) bond motifs is 1. The van der Waals surface area contributed by atoms with E-state index in [0.717, 1.165) is 15.6 Å². The lowest BCUT2D eigenvalue weighted by molar-refractivity contribution is 0.0942. The van der Waals surface area contributed by atoms with Crippen LogP contribution >= 0.6 is 11.3 Å². The number of thiophene rings is 1. The van der Waals surface area contributed by atoms with Crippen LogP contribution in [0.2, 0.25) is 0 Å². The Hall–Kier alpha value is -2.86. The van der Waals surface area contributed by atoms with Crippen molar-refractivity contribution in [3.63, 3.8) is 0 Å². The minimum atomic E-state index is -0.492. The lowest BCUT2D eigenvalue weighted by Crippen LogP contribution is -2.43. The van der Waals surface area contributed by atoms with Crippen LogP contribution < -0.4 is 16.2 Å². The zero-order chi connectivity index (χ0) is 16.2.